The highest BCUT2D eigenvalue weighted by Gasteiger charge is 2.28. The van der Waals surface area contributed by atoms with Gasteiger partial charge in [-0.05, 0) is 36.8 Å². The second-order valence-corrected chi connectivity index (χ2v) is 6.26. The zero-order chi connectivity index (χ0) is 17.4. The van der Waals surface area contributed by atoms with Gasteiger partial charge in [-0.3, -0.25) is 9.59 Å². The number of rotatable bonds is 2. The number of hydrogen-bond donors (Lipinski definition) is 1. The molecule has 1 atom stereocenters. The number of fused-ring (bicyclic) bond motifs is 2. The standard InChI is InChI=1S/C19H18N2O4/c1-12-10-21(15-5-3-2-4-14(15)19(23)20-12)18(22)9-13-6-7-16-17(8-13)25-11-24-16/h2-8,12H,9-11H2,1H3,(H,20,23). The van der Waals surface area contributed by atoms with Crippen LogP contribution in [-0.2, 0) is 11.2 Å². The van der Waals surface area contributed by atoms with E-state index in [1.807, 2.05) is 37.3 Å². The van der Waals surface area contributed by atoms with E-state index in [1.165, 1.54) is 0 Å². The average Bonchev–Trinajstić information content (AvgIpc) is 3.02. The van der Waals surface area contributed by atoms with Gasteiger partial charge in [-0.1, -0.05) is 18.2 Å². The first kappa shape index (κ1) is 15.5. The van der Waals surface area contributed by atoms with Crippen molar-refractivity contribution < 1.29 is 19.1 Å². The van der Waals surface area contributed by atoms with Crippen LogP contribution in [0.2, 0.25) is 0 Å². The molecule has 2 aromatic carbocycles. The maximum Gasteiger partial charge on any atom is 0.253 e. The molecule has 2 aromatic rings. The fraction of sp³-hybridized carbons (Fsp3) is 0.263. The summed E-state index contributed by atoms with van der Waals surface area (Å²) in [6.45, 7) is 2.54. The highest BCUT2D eigenvalue weighted by atomic mass is 16.7. The van der Waals surface area contributed by atoms with Gasteiger partial charge < -0.3 is 19.7 Å². The second-order valence-electron chi connectivity index (χ2n) is 6.26. The first-order chi connectivity index (χ1) is 12.1. The smallest absolute Gasteiger partial charge is 0.253 e. The summed E-state index contributed by atoms with van der Waals surface area (Å²) in [4.78, 5) is 26.9. The summed E-state index contributed by atoms with van der Waals surface area (Å²) >= 11 is 0. The highest BCUT2D eigenvalue weighted by Crippen LogP contribution is 2.33. The van der Waals surface area contributed by atoms with Gasteiger partial charge in [0.1, 0.15) is 0 Å². The van der Waals surface area contributed by atoms with Crippen molar-refractivity contribution in [2.24, 2.45) is 0 Å². The molecule has 0 spiro atoms. The molecule has 0 fully saturated rings. The van der Waals surface area contributed by atoms with Gasteiger partial charge >= 0.3 is 0 Å². The maximum absolute atomic E-state index is 13.0. The lowest BCUT2D eigenvalue weighted by atomic mass is 10.1. The quantitative estimate of drug-likeness (QED) is 0.911. The molecular weight excluding hydrogens is 320 g/mol. The molecule has 6 heteroatoms. The van der Waals surface area contributed by atoms with Crippen molar-refractivity contribution in [3.05, 3.63) is 53.6 Å². The zero-order valence-corrected chi connectivity index (χ0v) is 13.8. The highest BCUT2D eigenvalue weighted by molar-refractivity contribution is 6.06. The van der Waals surface area contributed by atoms with E-state index in [0.29, 0.717) is 29.3 Å². The van der Waals surface area contributed by atoms with Crippen LogP contribution in [-0.4, -0.2) is 31.2 Å². The Labute approximate surface area is 145 Å². The largest absolute Gasteiger partial charge is 0.454 e. The molecule has 2 aliphatic rings. The first-order valence-electron chi connectivity index (χ1n) is 8.20. The molecule has 0 saturated carbocycles. The van der Waals surface area contributed by atoms with Crippen molar-refractivity contribution in [1.82, 2.24) is 5.32 Å². The third kappa shape index (κ3) is 2.91. The van der Waals surface area contributed by atoms with Gasteiger partial charge in [0.15, 0.2) is 11.5 Å². The van der Waals surface area contributed by atoms with Crippen molar-refractivity contribution in [2.45, 2.75) is 19.4 Å². The number of carbonyl (C=O) groups is 2. The van der Waals surface area contributed by atoms with Gasteiger partial charge in [-0.15, -0.1) is 0 Å². The van der Waals surface area contributed by atoms with E-state index in [-0.39, 0.29) is 31.1 Å². The number of carbonyl (C=O) groups excluding carboxylic acids is 2. The molecule has 0 bridgehead atoms. The van der Waals surface area contributed by atoms with Crippen molar-refractivity contribution >= 4 is 17.5 Å². The fourth-order valence-corrected chi connectivity index (χ4v) is 3.18. The minimum absolute atomic E-state index is 0.0605. The van der Waals surface area contributed by atoms with Crippen molar-refractivity contribution in [1.29, 1.82) is 0 Å². The number of nitrogens with one attached hydrogen (secondary N) is 1. The molecule has 0 radical (unpaired) electrons. The minimum atomic E-state index is -0.151. The van der Waals surface area contributed by atoms with E-state index >= 15 is 0 Å². The molecule has 2 amide bonds. The molecule has 128 valence electrons. The summed E-state index contributed by atoms with van der Waals surface area (Å²) in [7, 11) is 0. The Morgan fingerprint density at radius 1 is 1.20 bits per heavy atom. The lowest BCUT2D eigenvalue weighted by Gasteiger charge is -2.24. The first-order valence-corrected chi connectivity index (χ1v) is 8.20. The van der Waals surface area contributed by atoms with Crippen LogP contribution in [0.1, 0.15) is 22.8 Å². The topological polar surface area (TPSA) is 67.9 Å². The van der Waals surface area contributed by atoms with Gasteiger partial charge in [0.2, 0.25) is 12.7 Å². The minimum Gasteiger partial charge on any atom is -0.454 e. The zero-order valence-electron chi connectivity index (χ0n) is 13.8. The van der Waals surface area contributed by atoms with Gasteiger partial charge in [0.05, 0.1) is 17.7 Å². The maximum atomic E-state index is 13.0. The summed E-state index contributed by atoms with van der Waals surface area (Å²) in [5.74, 6) is 1.14. The lowest BCUT2D eigenvalue weighted by Crippen LogP contribution is -2.41. The Morgan fingerprint density at radius 3 is 2.88 bits per heavy atom. The SMILES string of the molecule is CC1CN(C(=O)Cc2ccc3c(c2)OCO3)c2ccccc2C(=O)N1. The van der Waals surface area contributed by atoms with Crippen LogP contribution in [0.15, 0.2) is 42.5 Å². The molecule has 0 aliphatic carbocycles. The molecule has 0 aromatic heterocycles. The van der Waals surface area contributed by atoms with Gasteiger partial charge in [0.25, 0.3) is 5.91 Å². The van der Waals surface area contributed by atoms with Gasteiger partial charge in [0, 0.05) is 12.6 Å². The van der Waals surface area contributed by atoms with Crippen LogP contribution in [0.25, 0.3) is 0 Å². The van der Waals surface area contributed by atoms with Crippen molar-refractivity contribution in [3.63, 3.8) is 0 Å². The predicted octanol–water partition coefficient (Wildman–Crippen LogP) is 2.12. The fourth-order valence-electron chi connectivity index (χ4n) is 3.18. The molecular formula is C19H18N2O4. The number of benzene rings is 2. The summed E-state index contributed by atoms with van der Waals surface area (Å²) in [5, 5.41) is 2.91. The van der Waals surface area contributed by atoms with Crippen LogP contribution in [0.5, 0.6) is 11.5 Å². The van der Waals surface area contributed by atoms with Crippen LogP contribution in [0.4, 0.5) is 5.69 Å². The Kier molecular flexibility index (Phi) is 3.80. The number of ether oxygens (including phenoxy) is 2. The monoisotopic (exact) mass is 338 g/mol. The van der Waals surface area contributed by atoms with E-state index in [1.54, 1.807) is 17.0 Å². The Hall–Kier alpha value is -3.02. The van der Waals surface area contributed by atoms with Crippen molar-refractivity contribution in [2.75, 3.05) is 18.2 Å². The summed E-state index contributed by atoms with van der Waals surface area (Å²) in [5.41, 5.74) is 2.02. The lowest BCUT2D eigenvalue weighted by molar-refractivity contribution is -0.118. The van der Waals surface area contributed by atoms with Crippen LogP contribution in [0.3, 0.4) is 0 Å². The van der Waals surface area contributed by atoms with Gasteiger partial charge in [-0.25, -0.2) is 0 Å². The van der Waals surface area contributed by atoms with E-state index in [0.717, 1.165) is 5.56 Å². The van der Waals surface area contributed by atoms with E-state index < -0.39 is 0 Å². The number of para-hydroxylation sites is 1. The van der Waals surface area contributed by atoms with E-state index in [4.69, 9.17) is 9.47 Å². The predicted molar refractivity (Wildman–Crippen MR) is 92.0 cm³/mol. The third-order valence-electron chi connectivity index (χ3n) is 4.37. The number of anilines is 1. The number of hydrogen-bond acceptors (Lipinski definition) is 4. The summed E-state index contributed by atoms with van der Waals surface area (Å²) in [6, 6.07) is 12.6. The molecule has 2 aliphatic heterocycles. The van der Waals surface area contributed by atoms with Crippen LogP contribution in [0, 0.1) is 0 Å². The molecule has 4 rings (SSSR count). The van der Waals surface area contributed by atoms with Gasteiger partial charge in [-0.2, -0.15) is 0 Å². The normalized spacial score (nSPS) is 18.4. The van der Waals surface area contributed by atoms with E-state index in [9.17, 15) is 9.59 Å². The Bertz CT molecular complexity index is 849. The molecule has 25 heavy (non-hydrogen) atoms. The van der Waals surface area contributed by atoms with Crippen LogP contribution >= 0.6 is 0 Å². The number of amides is 2. The Morgan fingerprint density at radius 2 is 2.00 bits per heavy atom. The summed E-state index contributed by atoms with van der Waals surface area (Å²) in [6.07, 6.45) is 0.228. The third-order valence-corrected chi connectivity index (χ3v) is 4.37. The molecule has 0 saturated heterocycles. The van der Waals surface area contributed by atoms with Crippen LogP contribution < -0.4 is 19.7 Å². The Balaban J connectivity index is 1.62. The number of nitrogens with zero attached hydrogens (tertiary/aromatic N) is 1. The second kappa shape index (κ2) is 6.12. The van der Waals surface area contributed by atoms with E-state index in [2.05, 4.69) is 5.32 Å². The average molecular weight is 338 g/mol. The van der Waals surface area contributed by atoms with Crippen molar-refractivity contribution in [3.8, 4) is 11.5 Å². The molecule has 1 unspecified atom stereocenters. The molecule has 1 N–H and O–H groups in total. The summed E-state index contributed by atoms with van der Waals surface area (Å²) < 4.78 is 10.7. The molecule has 6 nitrogen and oxygen atoms in total. The molecule has 2 heterocycles.